The van der Waals surface area contributed by atoms with Gasteiger partial charge in [-0.3, -0.25) is 11.3 Å². The summed E-state index contributed by atoms with van der Waals surface area (Å²) in [6.45, 7) is 0. The van der Waals surface area contributed by atoms with Gasteiger partial charge in [0, 0.05) is 23.1 Å². The number of aromatic nitrogens is 1. The van der Waals surface area contributed by atoms with Crippen molar-refractivity contribution in [3.05, 3.63) is 44.7 Å². The van der Waals surface area contributed by atoms with Crippen LogP contribution in [0.25, 0.3) is 0 Å². The molecule has 0 radical (unpaired) electrons. The number of pyridine rings is 1. The van der Waals surface area contributed by atoms with E-state index in [0.29, 0.717) is 5.88 Å². The molecule has 0 aliphatic rings. The van der Waals surface area contributed by atoms with Crippen molar-refractivity contribution in [1.82, 2.24) is 10.4 Å². The fourth-order valence-corrected chi connectivity index (χ4v) is 3.29. The van der Waals surface area contributed by atoms with Crippen LogP contribution in [-0.4, -0.2) is 12.1 Å². The zero-order valence-electron chi connectivity index (χ0n) is 9.89. The Morgan fingerprint density at radius 1 is 1.50 bits per heavy atom. The highest BCUT2D eigenvalue weighted by atomic mass is 79.9. The summed E-state index contributed by atoms with van der Waals surface area (Å²) in [5.74, 6) is 6.25. The predicted molar refractivity (Wildman–Crippen MR) is 76.6 cm³/mol. The average Bonchev–Trinajstić information content (AvgIpc) is 2.81. The summed E-state index contributed by atoms with van der Waals surface area (Å²) < 4.78 is 6.38. The molecule has 6 heteroatoms. The normalized spacial score (nSPS) is 12.4. The second kappa shape index (κ2) is 6.29. The summed E-state index contributed by atoms with van der Waals surface area (Å²) in [7, 11) is 1.61. The molecule has 3 N–H and O–H groups in total. The molecule has 2 aromatic rings. The minimum atomic E-state index is -0.0146. The molecule has 0 bridgehead atoms. The van der Waals surface area contributed by atoms with Crippen LogP contribution in [0, 0.1) is 0 Å². The van der Waals surface area contributed by atoms with Crippen LogP contribution >= 0.6 is 27.3 Å². The van der Waals surface area contributed by atoms with Gasteiger partial charge in [-0.1, -0.05) is 6.07 Å². The summed E-state index contributed by atoms with van der Waals surface area (Å²) in [6, 6.07) is 7.96. The van der Waals surface area contributed by atoms with Crippen molar-refractivity contribution in [3.8, 4) is 5.88 Å². The van der Waals surface area contributed by atoms with E-state index in [-0.39, 0.29) is 6.04 Å². The van der Waals surface area contributed by atoms with E-state index in [2.05, 4.69) is 32.4 Å². The molecule has 96 valence electrons. The number of nitrogens with one attached hydrogen (secondary N) is 1. The van der Waals surface area contributed by atoms with Gasteiger partial charge in [-0.25, -0.2) is 4.98 Å². The Hall–Kier alpha value is -0.950. The second-order valence-corrected chi connectivity index (χ2v) is 6.28. The smallest absolute Gasteiger partial charge is 0.217 e. The van der Waals surface area contributed by atoms with Crippen LogP contribution in [0.3, 0.4) is 0 Å². The third-order valence-electron chi connectivity index (χ3n) is 2.60. The lowest BCUT2D eigenvalue weighted by molar-refractivity contribution is 0.382. The Labute approximate surface area is 118 Å². The first kappa shape index (κ1) is 13.5. The highest BCUT2D eigenvalue weighted by molar-refractivity contribution is 9.11. The summed E-state index contributed by atoms with van der Waals surface area (Å²) in [6.07, 6.45) is 2.51. The van der Waals surface area contributed by atoms with E-state index in [1.165, 1.54) is 4.88 Å². The molecule has 2 heterocycles. The van der Waals surface area contributed by atoms with E-state index < -0.39 is 0 Å². The van der Waals surface area contributed by atoms with Crippen LogP contribution in [-0.2, 0) is 6.42 Å². The van der Waals surface area contributed by atoms with Gasteiger partial charge in [-0.05, 0) is 34.1 Å². The van der Waals surface area contributed by atoms with Gasteiger partial charge in [0.15, 0.2) is 0 Å². The fourth-order valence-electron chi connectivity index (χ4n) is 1.76. The van der Waals surface area contributed by atoms with E-state index >= 15 is 0 Å². The Morgan fingerprint density at radius 2 is 2.33 bits per heavy atom. The Balaban J connectivity index is 2.22. The van der Waals surface area contributed by atoms with Gasteiger partial charge in [0.1, 0.15) is 0 Å². The topological polar surface area (TPSA) is 60.2 Å². The van der Waals surface area contributed by atoms with Gasteiger partial charge in [-0.15, -0.1) is 11.3 Å². The molecule has 0 aliphatic heterocycles. The van der Waals surface area contributed by atoms with Crippen LogP contribution in [0.1, 0.15) is 16.5 Å². The van der Waals surface area contributed by atoms with Crippen LogP contribution in [0.4, 0.5) is 0 Å². The number of nitrogens with two attached hydrogens (primary N) is 1. The van der Waals surface area contributed by atoms with Gasteiger partial charge in [0.05, 0.1) is 16.9 Å². The van der Waals surface area contributed by atoms with E-state index in [4.69, 9.17) is 10.6 Å². The number of rotatable bonds is 5. The zero-order valence-corrected chi connectivity index (χ0v) is 12.3. The summed E-state index contributed by atoms with van der Waals surface area (Å²) >= 11 is 5.16. The summed E-state index contributed by atoms with van der Waals surface area (Å²) in [5, 5.41) is 0. The lowest BCUT2D eigenvalue weighted by Gasteiger charge is -2.17. The first-order valence-corrected chi connectivity index (χ1v) is 7.04. The minimum absolute atomic E-state index is 0.0146. The average molecular weight is 328 g/mol. The molecule has 0 amide bonds. The maximum absolute atomic E-state index is 5.64. The minimum Gasteiger partial charge on any atom is -0.481 e. The Bertz CT molecular complexity index is 518. The second-order valence-electron chi connectivity index (χ2n) is 3.73. The van der Waals surface area contributed by atoms with Gasteiger partial charge in [0.25, 0.3) is 0 Å². The van der Waals surface area contributed by atoms with Crippen LogP contribution in [0.2, 0.25) is 0 Å². The molecule has 2 rings (SSSR count). The van der Waals surface area contributed by atoms with E-state index in [1.807, 2.05) is 18.2 Å². The molecule has 0 spiro atoms. The summed E-state index contributed by atoms with van der Waals surface area (Å²) in [4.78, 5) is 5.44. The lowest BCUT2D eigenvalue weighted by Crippen LogP contribution is -2.29. The number of hydrogen-bond acceptors (Lipinski definition) is 5. The number of hydrogen-bond donors (Lipinski definition) is 2. The van der Waals surface area contributed by atoms with Gasteiger partial charge in [-0.2, -0.15) is 0 Å². The number of halogens is 1. The SMILES string of the molecule is COc1ncccc1C(Cc1ccc(Br)s1)NN. The molecular weight excluding hydrogens is 314 g/mol. The number of hydrazine groups is 1. The number of thiophene rings is 1. The molecule has 1 atom stereocenters. The molecule has 0 aliphatic carbocycles. The van der Waals surface area contributed by atoms with Crippen molar-refractivity contribution in [1.29, 1.82) is 0 Å². The Kier molecular flexibility index (Phi) is 4.71. The first-order chi connectivity index (χ1) is 8.74. The maximum Gasteiger partial charge on any atom is 0.217 e. The maximum atomic E-state index is 5.64. The standard InChI is InChI=1S/C12H14BrN3OS/c1-17-12-9(3-2-6-15-12)10(16-14)7-8-4-5-11(13)18-8/h2-6,10,16H,7,14H2,1H3. The first-order valence-electron chi connectivity index (χ1n) is 5.44. The number of nitrogens with zero attached hydrogens (tertiary/aromatic N) is 1. The van der Waals surface area contributed by atoms with E-state index in [1.54, 1.807) is 24.6 Å². The lowest BCUT2D eigenvalue weighted by atomic mass is 10.1. The van der Waals surface area contributed by atoms with Crippen LogP contribution < -0.4 is 16.0 Å². The van der Waals surface area contributed by atoms with Gasteiger partial charge in [0.2, 0.25) is 5.88 Å². The highest BCUT2D eigenvalue weighted by Crippen LogP contribution is 2.29. The molecule has 0 saturated carbocycles. The van der Waals surface area contributed by atoms with E-state index in [0.717, 1.165) is 15.8 Å². The Morgan fingerprint density at radius 3 is 2.94 bits per heavy atom. The van der Waals surface area contributed by atoms with Crippen molar-refractivity contribution in [2.45, 2.75) is 12.5 Å². The summed E-state index contributed by atoms with van der Waals surface area (Å²) in [5.41, 5.74) is 3.79. The zero-order chi connectivity index (χ0) is 13.0. The van der Waals surface area contributed by atoms with E-state index in [9.17, 15) is 0 Å². The third kappa shape index (κ3) is 3.08. The van der Waals surface area contributed by atoms with Gasteiger partial charge < -0.3 is 4.74 Å². The monoisotopic (exact) mass is 327 g/mol. The van der Waals surface area contributed by atoms with Crippen molar-refractivity contribution >= 4 is 27.3 Å². The quantitative estimate of drug-likeness (QED) is 0.654. The molecule has 0 saturated heterocycles. The molecule has 18 heavy (non-hydrogen) atoms. The largest absolute Gasteiger partial charge is 0.481 e. The van der Waals surface area contributed by atoms with Crippen LogP contribution in [0.5, 0.6) is 5.88 Å². The molecule has 2 aromatic heterocycles. The molecule has 4 nitrogen and oxygen atoms in total. The fraction of sp³-hybridized carbons (Fsp3) is 0.250. The molecular formula is C12H14BrN3OS. The molecule has 0 fully saturated rings. The molecule has 0 aromatic carbocycles. The van der Waals surface area contributed by atoms with Crippen molar-refractivity contribution in [2.75, 3.05) is 7.11 Å². The van der Waals surface area contributed by atoms with Gasteiger partial charge >= 0.3 is 0 Å². The predicted octanol–water partition coefficient (Wildman–Crippen LogP) is 2.66. The van der Waals surface area contributed by atoms with Crippen molar-refractivity contribution in [2.24, 2.45) is 5.84 Å². The molecule has 1 unspecified atom stereocenters. The number of methoxy groups -OCH3 is 1. The van der Waals surface area contributed by atoms with Crippen LogP contribution in [0.15, 0.2) is 34.2 Å². The van der Waals surface area contributed by atoms with Crippen molar-refractivity contribution < 1.29 is 4.74 Å². The third-order valence-corrected chi connectivity index (χ3v) is 4.25. The highest BCUT2D eigenvalue weighted by Gasteiger charge is 2.16. The number of ether oxygens (including phenoxy) is 1. The van der Waals surface area contributed by atoms with Crippen molar-refractivity contribution in [3.63, 3.8) is 0 Å².